The van der Waals surface area contributed by atoms with Gasteiger partial charge in [-0.1, -0.05) is 30.3 Å². The second kappa shape index (κ2) is 7.21. The van der Waals surface area contributed by atoms with Crippen LogP contribution in [0.3, 0.4) is 0 Å². The highest BCUT2D eigenvalue weighted by Crippen LogP contribution is 2.00. The van der Waals surface area contributed by atoms with Crippen molar-refractivity contribution in [2.45, 2.75) is 19.3 Å². The first kappa shape index (κ1) is 13.9. The van der Waals surface area contributed by atoms with Crippen LogP contribution in [0.25, 0.3) is 0 Å². The summed E-state index contributed by atoms with van der Waals surface area (Å²) in [5.74, 6) is -1.22. The minimum atomic E-state index is -0.688. The van der Waals surface area contributed by atoms with Gasteiger partial charge in [0.25, 0.3) is 0 Å². The molecule has 0 atom stereocenters. The Morgan fingerprint density at radius 1 is 1.17 bits per heavy atom. The van der Waals surface area contributed by atoms with Gasteiger partial charge in [-0.15, -0.1) is 0 Å². The van der Waals surface area contributed by atoms with Gasteiger partial charge >= 0.3 is 5.97 Å². The van der Waals surface area contributed by atoms with E-state index in [1.165, 1.54) is 0 Å². The van der Waals surface area contributed by atoms with Crippen molar-refractivity contribution >= 4 is 17.6 Å². The Morgan fingerprint density at radius 2 is 1.83 bits per heavy atom. The summed E-state index contributed by atoms with van der Waals surface area (Å²) in [6.45, 7) is 0.224. The van der Waals surface area contributed by atoms with Crippen LogP contribution >= 0.6 is 0 Å². The van der Waals surface area contributed by atoms with Crippen molar-refractivity contribution in [1.82, 2.24) is 0 Å². The fourth-order valence-electron chi connectivity index (χ4n) is 1.34. The molecule has 0 aliphatic carbocycles. The third-order valence-corrected chi connectivity index (χ3v) is 2.33. The second-order valence-electron chi connectivity index (χ2n) is 3.82. The standard InChI is InChI=1S/C13H16N2O3/c14-11(6-7-12(15)16)13(17)18-9-8-10-4-2-1-3-5-10/h1-5,14H,6-9H2,(H2,15,16). The summed E-state index contributed by atoms with van der Waals surface area (Å²) in [6, 6.07) is 9.60. The number of hydrogen-bond donors (Lipinski definition) is 2. The van der Waals surface area contributed by atoms with Crippen LogP contribution in [-0.4, -0.2) is 24.2 Å². The first-order valence-corrected chi connectivity index (χ1v) is 5.66. The summed E-state index contributed by atoms with van der Waals surface area (Å²) in [5.41, 5.74) is 5.77. The van der Waals surface area contributed by atoms with Gasteiger partial charge in [0.2, 0.25) is 5.91 Å². The first-order valence-electron chi connectivity index (χ1n) is 5.66. The topological polar surface area (TPSA) is 93.2 Å². The molecule has 0 aliphatic rings. The summed E-state index contributed by atoms with van der Waals surface area (Å²) in [7, 11) is 0. The second-order valence-corrected chi connectivity index (χ2v) is 3.82. The zero-order valence-corrected chi connectivity index (χ0v) is 10.0. The van der Waals surface area contributed by atoms with E-state index < -0.39 is 11.9 Å². The molecule has 0 aromatic heterocycles. The number of rotatable bonds is 7. The number of nitrogens with two attached hydrogens (primary N) is 1. The Bertz CT molecular complexity index is 429. The van der Waals surface area contributed by atoms with E-state index in [-0.39, 0.29) is 25.2 Å². The van der Waals surface area contributed by atoms with Gasteiger partial charge in [-0.25, -0.2) is 4.79 Å². The molecular weight excluding hydrogens is 232 g/mol. The number of nitrogens with one attached hydrogen (secondary N) is 1. The Morgan fingerprint density at radius 3 is 2.44 bits per heavy atom. The third-order valence-electron chi connectivity index (χ3n) is 2.33. The van der Waals surface area contributed by atoms with E-state index in [0.29, 0.717) is 6.42 Å². The van der Waals surface area contributed by atoms with Gasteiger partial charge in [-0.2, -0.15) is 0 Å². The Hall–Kier alpha value is -2.17. The summed E-state index contributed by atoms with van der Waals surface area (Å²) in [4.78, 5) is 21.8. The summed E-state index contributed by atoms with van der Waals surface area (Å²) >= 11 is 0. The number of primary amides is 1. The molecule has 0 radical (unpaired) electrons. The van der Waals surface area contributed by atoms with E-state index in [1.54, 1.807) is 0 Å². The molecule has 18 heavy (non-hydrogen) atoms. The van der Waals surface area contributed by atoms with Crippen LogP contribution in [0.4, 0.5) is 0 Å². The van der Waals surface area contributed by atoms with Gasteiger partial charge in [-0.3, -0.25) is 10.2 Å². The number of benzene rings is 1. The zero-order valence-electron chi connectivity index (χ0n) is 10.0. The van der Waals surface area contributed by atoms with Crippen LogP contribution in [0.2, 0.25) is 0 Å². The highest BCUT2D eigenvalue weighted by Gasteiger charge is 2.11. The maximum atomic E-state index is 11.3. The van der Waals surface area contributed by atoms with Crippen LogP contribution < -0.4 is 5.73 Å². The molecule has 1 amide bonds. The SMILES string of the molecule is N=C(CCC(N)=O)C(=O)OCCc1ccccc1. The van der Waals surface area contributed by atoms with Crippen LogP contribution in [0, 0.1) is 5.41 Å². The summed E-state index contributed by atoms with van der Waals surface area (Å²) in [5, 5.41) is 7.39. The maximum absolute atomic E-state index is 11.3. The zero-order chi connectivity index (χ0) is 13.4. The number of esters is 1. The quantitative estimate of drug-likeness (QED) is 0.558. The predicted molar refractivity (Wildman–Crippen MR) is 67.3 cm³/mol. The van der Waals surface area contributed by atoms with Crippen LogP contribution in [-0.2, 0) is 20.7 Å². The molecule has 96 valence electrons. The largest absolute Gasteiger partial charge is 0.461 e. The molecule has 0 bridgehead atoms. The Labute approximate surface area is 105 Å². The van der Waals surface area contributed by atoms with Crippen LogP contribution in [0.1, 0.15) is 18.4 Å². The molecule has 0 saturated carbocycles. The molecular formula is C13H16N2O3. The molecule has 0 unspecified atom stereocenters. The minimum absolute atomic E-state index is 0.00732. The molecule has 0 heterocycles. The molecule has 0 saturated heterocycles. The third kappa shape index (κ3) is 5.25. The molecule has 1 aromatic carbocycles. The first-order chi connectivity index (χ1) is 8.59. The summed E-state index contributed by atoms with van der Waals surface area (Å²) < 4.78 is 4.92. The van der Waals surface area contributed by atoms with E-state index in [1.807, 2.05) is 30.3 Å². The average Bonchev–Trinajstić information content (AvgIpc) is 2.37. The van der Waals surface area contributed by atoms with Gasteiger partial charge in [0.15, 0.2) is 0 Å². The maximum Gasteiger partial charge on any atom is 0.351 e. The fourth-order valence-corrected chi connectivity index (χ4v) is 1.34. The monoisotopic (exact) mass is 248 g/mol. The van der Waals surface area contributed by atoms with Crippen molar-refractivity contribution in [3.8, 4) is 0 Å². The lowest BCUT2D eigenvalue weighted by Crippen LogP contribution is -2.20. The average molecular weight is 248 g/mol. The molecule has 3 N–H and O–H groups in total. The lowest BCUT2D eigenvalue weighted by Gasteiger charge is -2.05. The van der Waals surface area contributed by atoms with Crippen molar-refractivity contribution in [1.29, 1.82) is 5.41 Å². The minimum Gasteiger partial charge on any atom is -0.461 e. The van der Waals surface area contributed by atoms with E-state index in [2.05, 4.69) is 0 Å². The predicted octanol–water partition coefficient (Wildman–Crippen LogP) is 1.06. The van der Waals surface area contributed by atoms with Gasteiger partial charge in [0.05, 0.1) is 6.61 Å². The van der Waals surface area contributed by atoms with Crippen LogP contribution in [0.15, 0.2) is 30.3 Å². The van der Waals surface area contributed by atoms with E-state index in [0.717, 1.165) is 5.56 Å². The number of amides is 1. The molecule has 1 rings (SSSR count). The van der Waals surface area contributed by atoms with Crippen molar-refractivity contribution in [2.75, 3.05) is 6.61 Å². The van der Waals surface area contributed by atoms with Gasteiger partial charge in [0, 0.05) is 19.3 Å². The lowest BCUT2D eigenvalue weighted by molar-refractivity contribution is -0.135. The van der Waals surface area contributed by atoms with Gasteiger partial charge in [-0.05, 0) is 5.56 Å². The van der Waals surface area contributed by atoms with Gasteiger partial charge < -0.3 is 10.5 Å². The number of carbonyl (C=O) groups excluding carboxylic acids is 2. The molecule has 1 aromatic rings. The van der Waals surface area contributed by atoms with Crippen molar-refractivity contribution < 1.29 is 14.3 Å². The Kier molecular flexibility index (Phi) is 5.57. The summed E-state index contributed by atoms with van der Waals surface area (Å²) in [6.07, 6.45) is 0.627. The normalized spacial score (nSPS) is 9.78. The molecule has 0 aliphatic heterocycles. The van der Waals surface area contributed by atoms with E-state index in [4.69, 9.17) is 15.9 Å². The fraction of sp³-hybridized carbons (Fsp3) is 0.308. The van der Waals surface area contributed by atoms with Crippen molar-refractivity contribution in [3.63, 3.8) is 0 Å². The number of carbonyl (C=O) groups is 2. The molecule has 5 nitrogen and oxygen atoms in total. The molecule has 0 fully saturated rings. The van der Waals surface area contributed by atoms with Crippen molar-refractivity contribution in [2.24, 2.45) is 5.73 Å². The van der Waals surface area contributed by atoms with Gasteiger partial charge in [0.1, 0.15) is 5.71 Å². The molecule has 0 spiro atoms. The number of ether oxygens (including phenoxy) is 1. The van der Waals surface area contributed by atoms with Crippen molar-refractivity contribution in [3.05, 3.63) is 35.9 Å². The van der Waals surface area contributed by atoms with E-state index in [9.17, 15) is 9.59 Å². The molecule has 5 heteroatoms. The highest BCUT2D eigenvalue weighted by molar-refractivity contribution is 6.35. The lowest BCUT2D eigenvalue weighted by atomic mass is 10.2. The van der Waals surface area contributed by atoms with E-state index >= 15 is 0 Å². The Balaban J connectivity index is 2.24. The van der Waals surface area contributed by atoms with Crippen LogP contribution in [0.5, 0.6) is 0 Å². The number of hydrogen-bond acceptors (Lipinski definition) is 4. The smallest absolute Gasteiger partial charge is 0.351 e. The highest BCUT2D eigenvalue weighted by atomic mass is 16.5.